The van der Waals surface area contributed by atoms with Crippen molar-refractivity contribution in [3.63, 3.8) is 0 Å². The molecule has 1 aliphatic heterocycles. The van der Waals surface area contributed by atoms with Gasteiger partial charge in [0.2, 0.25) is 0 Å². The van der Waals surface area contributed by atoms with Gasteiger partial charge in [-0.2, -0.15) is 0 Å². The number of thioether (sulfide) groups is 1. The van der Waals surface area contributed by atoms with Gasteiger partial charge in [-0.3, -0.25) is 4.79 Å². The van der Waals surface area contributed by atoms with Crippen LogP contribution in [-0.2, 0) is 9.53 Å². The van der Waals surface area contributed by atoms with Gasteiger partial charge in [0.25, 0.3) is 0 Å². The first kappa shape index (κ1) is 5.12. The van der Waals surface area contributed by atoms with Crippen LogP contribution in [0.5, 0.6) is 0 Å². The SMILES string of the molecule is O=CC1OCCS1. The Labute approximate surface area is 46.2 Å². The largest absolute Gasteiger partial charge is 0.359 e. The van der Waals surface area contributed by atoms with E-state index >= 15 is 0 Å². The lowest BCUT2D eigenvalue weighted by Crippen LogP contribution is -2.00. The highest BCUT2D eigenvalue weighted by atomic mass is 32.2. The van der Waals surface area contributed by atoms with Crippen molar-refractivity contribution in [2.45, 2.75) is 5.44 Å². The van der Waals surface area contributed by atoms with Crippen molar-refractivity contribution in [1.82, 2.24) is 0 Å². The highest BCUT2D eigenvalue weighted by Crippen LogP contribution is 2.16. The molecule has 1 unspecified atom stereocenters. The monoisotopic (exact) mass is 118 g/mol. The second-order valence-electron chi connectivity index (χ2n) is 1.25. The Morgan fingerprint density at radius 2 is 2.71 bits per heavy atom. The molecule has 1 heterocycles. The highest BCUT2D eigenvalue weighted by Gasteiger charge is 2.13. The standard InChI is InChI=1S/C4H6O2S/c5-3-4-6-1-2-7-4/h3-4H,1-2H2. The zero-order chi connectivity index (χ0) is 5.11. The predicted molar refractivity (Wildman–Crippen MR) is 28.3 cm³/mol. The topological polar surface area (TPSA) is 26.3 Å². The fourth-order valence-corrected chi connectivity index (χ4v) is 1.15. The Balaban J connectivity index is 2.26. The number of ether oxygens (including phenoxy) is 1. The van der Waals surface area contributed by atoms with Crippen LogP contribution in [0, 0.1) is 0 Å². The minimum atomic E-state index is -0.167. The maximum Gasteiger partial charge on any atom is 0.159 e. The van der Waals surface area contributed by atoms with Crippen LogP contribution in [0.2, 0.25) is 0 Å². The Hall–Kier alpha value is -0.0200. The fraction of sp³-hybridized carbons (Fsp3) is 0.750. The third-order valence-electron chi connectivity index (χ3n) is 0.759. The van der Waals surface area contributed by atoms with Crippen LogP contribution < -0.4 is 0 Å². The van der Waals surface area contributed by atoms with E-state index in [2.05, 4.69) is 0 Å². The van der Waals surface area contributed by atoms with Crippen molar-refractivity contribution in [1.29, 1.82) is 0 Å². The van der Waals surface area contributed by atoms with E-state index in [0.717, 1.165) is 18.6 Å². The van der Waals surface area contributed by atoms with Crippen molar-refractivity contribution >= 4 is 18.0 Å². The van der Waals surface area contributed by atoms with Crippen LogP contribution in [0.1, 0.15) is 0 Å². The first-order valence-corrected chi connectivity index (χ1v) is 3.17. The fourth-order valence-electron chi connectivity index (χ4n) is 0.455. The normalized spacial score (nSPS) is 30.6. The van der Waals surface area contributed by atoms with E-state index in [1.807, 2.05) is 0 Å². The Morgan fingerprint density at radius 3 is 3.00 bits per heavy atom. The number of carbonyl (C=O) groups is 1. The molecule has 0 aliphatic carbocycles. The van der Waals surface area contributed by atoms with Gasteiger partial charge in [-0.05, 0) is 0 Å². The molecule has 0 amide bonds. The van der Waals surface area contributed by atoms with Gasteiger partial charge in [-0.15, -0.1) is 11.8 Å². The Kier molecular flexibility index (Phi) is 1.70. The minimum absolute atomic E-state index is 0.167. The lowest BCUT2D eigenvalue weighted by atomic mass is 10.8. The molecule has 0 radical (unpaired) electrons. The summed E-state index contributed by atoms with van der Waals surface area (Å²) in [7, 11) is 0. The molecule has 0 N–H and O–H groups in total. The molecule has 2 nitrogen and oxygen atoms in total. The van der Waals surface area contributed by atoms with Crippen molar-refractivity contribution < 1.29 is 9.53 Å². The number of hydrogen-bond donors (Lipinski definition) is 0. The van der Waals surface area contributed by atoms with Crippen molar-refractivity contribution in [2.75, 3.05) is 12.4 Å². The summed E-state index contributed by atoms with van der Waals surface area (Å²) in [6, 6.07) is 0. The molecular weight excluding hydrogens is 112 g/mol. The molecule has 1 atom stereocenters. The van der Waals surface area contributed by atoms with Gasteiger partial charge in [0, 0.05) is 5.75 Å². The number of rotatable bonds is 1. The summed E-state index contributed by atoms with van der Waals surface area (Å²) in [4.78, 5) is 9.86. The van der Waals surface area contributed by atoms with E-state index in [-0.39, 0.29) is 5.44 Å². The van der Waals surface area contributed by atoms with Gasteiger partial charge in [0.15, 0.2) is 11.7 Å². The summed E-state index contributed by atoms with van der Waals surface area (Å²) < 4.78 is 4.90. The molecule has 3 heteroatoms. The lowest BCUT2D eigenvalue weighted by Gasteiger charge is -1.92. The molecular formula is C4H6O2S. The summed E-state index contributed by atoms with van der Waals surface area (Å²) >= 11 is 1.55. The van der Waals surface area contributed by atoms with E-state index in [4.69, 9.17) is 4.74 Å². The zero-order valence-electron chi connectivity index (χ0n) is 3.79. The van der Waals surface area contributed by atoms with Gasteiger partial charge >= 0.3 is 0 Å². The summed E-state index contributed by atoms with van der Waals surface area (Å²) in [5.41, 5.74) is -0.167. The third-order valence-corrected chi connectivity index (χ3v) is 1.74. The maximum absolute atomic E-state index is 9.86. The van der Waals surface area contributed by atoms with Crippen LogP contribution in [0.15, 0.2) is 0 Å². The molecule has 1 saturated heterocycles. The molecule has 1 fully saturated rings. The highest BCUT2D eigenvalue weighted by molar-refractivity contribution is 8.00. The first-order chi connectivity index (χ1) is 3.43. The molecule has 7 heavy (non-hydrogen) atoms. The molecule has 0 saturated carbocycles. The quantitative estimate of drug-likeness (QED) is 0.462. The van der Waals surface area contributed by atoms with Crippen molar-refractivity contribution in [3.05, 3.63) is 0 Å². The van der Waals surface area contributed by atoms with Crippen LogP contribution in [0.25, 0.3) is 0 Å². The maximum atomic E-state index is 9.86. The molecule has 40 valence electrons. The average Bonchev–Trinajstić information content (AvgIpc) is 2.14. The summed E-state index contributed by atoms with van der Waals surface area (Å²) in [5.74, 6) is 0.962. The van der Waals surface area contributed by atoms with Crippen LogP contribution in [0.3, 0.4) is 0 Å². The second kappa shape index (κ2) is 2.33. The summed E-state index contributed by atoms with van der Waals surface area (Å²) in [5, 5.41) is 0. The van der Waals surface area contributed by atoms with Gasteiger partial charge < -0.3 is 4.74 Å². The zero-order valence-corrected chi connectivity index (χ0v) is 4.61. The number of hydrogen-bond acceptors (Lipinski definition) is 3. The molecule has 1 rings (SSSR count). The van der Waals surface area contributed by atoms with E-state index < -0.39 is 0 Å². The molecule has 0 aromatic heterocycles. The van der Waals surface area contributed by atoms with Gasteiger partial charge in [-0.1, -0.05) is 0 Å². The Bertz CT molecular complexity index is 68.1. The Morgan fingerprint density at radius 1 is 1.86 bits per heavy atom. The molecule has 0 spiro atoms. The van der Waals surface area contributed by atoms with E-state index in [1.54, 1.807) is 11.8 Å². The summed E-state index contributed by atoms with van der Waals surface area (Å²) in [6.07, 6.45) is 0.831. The van der Waals surface area contributed by atoms with Crippen LogP contribution in [-0.4, -0.2) is 24.1 Å². The van der Waals surface area contributed by atoms with E-state index in [9.17, 15) is 4.79 Å². The van der Waals surface area contributed by atoms with Gasteiger partial charge in [0.05, 0.1) is 6.61 Å². The first-order valence-electron chi connectivity index (χ1n) is 2.12. The molecule has 0 aromatic carbocycles. The van der Waals surface area contributed by atoms with Crippen LogP contribution in [0.4, 0.5) is 0 Å². The molecule has 1 aliphatic rings. The van der Waals surface area contributed by atoms with Crippen molar-refractivity contribution in [3.8, 4) is 0 Å². The second-order valence-corrected chi connectivity index (χ2v) is 2.45. The smallest absolute Gasteiger partial charge is 0.159 e. The molecule has 0 aromatic rings. The van der Waals surface area contributed by atoms with E-state index in [0.29, 0.717) is 0 Å². The minimum Gasteiger partial charge on any atom is -0.359 e. The summed E-state index contributed by atoms with van der Waals surface area (Å²) in [6.45, 7) is 0.730. The molecule has 0 bridgehead atoms. The van der Waals surface area contributed by atoms with Crippen LogP contribution >= 0.6 is 11.8 Å². The third kappa shape index (κ3) is 1.17. The van der Waals surface area contributed by atoms with Crippen molar-refractivity contribution in [2.24, 2.45) is 0 Å². The van der Waals surface area contributed by atoms with E-state index in [1.165, 1.54) is 0 Å². The lowest BCUT2D eigenvalue weighted by molar-refractivity contribution is -0.112. The number of carbonyl (C=O) groups excluding carboxylic acids is 1. The van der Waals surface area contributed by atoms with Gasteiger partial charge in [-0.25, -0.2) is 0 Å². The average molecular weight is 118 g/mol. The number of aldehydes is 1. The predicted octanol–water partition coefficient (Wildman–Crippen LogP) is 0.275. The van der Waals surface area contributed by atoms with Gasteiger partial charge in [0.1, 0.15) is 0 Å².